The van der Waals surface area contributed by atoms with Crippen molar-refractivity contribution in [1.82, 2.24) is 9.97 Å². The maximum absolute atomic E-state index is 5.32. The highest BCUT2D eigenvalue weighted by molar-refractivity contribution is 6.23. The van der Waals surface area contributed by atoms with Crippen LogP contribution in [-0.2, 0) is 10.8 Å². The zero-order valence-electron chi connectivity index (χ0n) is 65.6. The number of aromatic nitrogens is 2. The summed E-state index contributed by atoms with van der Waals surface area (Å²) in [6, 6.07) is 160. The van der Waals surface area contributed by atoms with Crippen LogP contribution in [0.5, 0.6) is 0 Å². The minimum Gasteiger partial charge on any atom is -0.256 e. The van der Waals surface area contributed by atoms with Crippen molar-refractivity contribution in [2.75, 3.05) is 0 Å². The standard InChI is InChI=1S/C62H39N.C56H35N/c1-2-14-40(15-3-1)41-30-32-44(33-31-41)60-51-19-4-6-21-53(51)61(54-22-7-5-20-52(54)60)59-37-35-46(39-63-59)43-28-26-42(27-29-43)45-34-36-50-49-18-10-13-25-57(49)62(58(50)38-45)55-23-11-8-16-47(55)48-17-9-12-24-56(48)62;1-2-15-36(16-3-1)37-29-31-38(32-30-37)53-43-19-4-6-21-45(43)55(46-22-7-5-20-44(46)53)52-34-33-39(35-57-52)40-24-14-28-51-54(40)47-23-10-13-27-50(47)56(51)48-25-11-8-17-41(48)42-18-9-12-26-49(42)56/h1-39H;1-35H. The van der Waals surface area contributed by atoms with Gasteiger partial charge in [0.05, 0.1) is 22.2 Å². The van der Waals surface area contributed by atoms with E-state index in [1.165, 1.54) is 199 Å². The highest BCUT2D eigenvalue weighted by Gasteiger charge is 2.53. The first-order chi connectivity index (χ1) is 59.6. The lowest BCUT2D eigenvalue weighted by molar-refractivity contribution is 0.794. The van der Waals surface area contributed by atoms with Crippen molar-refractivity contribution >= 4 is 43.1 Å². The predicted molar refractivity (Wildman–Crippen MR) is 500 cm³/mol. The molecule has 2 heterocycles. The van der Waals surface area contributed by atoms with Crippen LogP contribution in [0.3, 0.4) is 0 Å². The maximum Gasteiger partial charge on any atom is 0.0725 e. The average Bonchev–Trinajstić information content (AvgIpc) is 1.51. The van der Waals surface area contributed by atoms with Gasteiger partial charge in [-0.05, 0) is 217 Å². The Morgan fingerprint density at radius 3 is 0.758 bits per heavy atom. The number of rotatable bonds is 9. The van der Waals surface area contributed by atoms with Crippen molar-refractivity contribution in [1.29, 1.82) is 0 Å². The lowest BCUT2D eigenvalue weighted by Gasteiger charge is -2.30. The summed E-state index contributed by atoms with van der Waals surface area (Å²) in [7, 11) is 0. The normalized spacial score (nSPS) is 13.0. The van der Waals surface area contributed by atoms with Gasteiger partial charge in [0.25, 0.3) is 0 Å². The van der Waals surface area contributed by atoms with Crippen LogP contribution in [0.15, 0.2) is 449 Å². The van der Waals surface area contributed by atoms with Crippen molar-refractivity contribution in [3.8, 4) is 145 Å². The molecule has 0 amide bonds. The van der Waals surface area contributed by atoms with Gasteiger partial charge in [0.2, 0.25) is 0 Å². The third kappa shape index (κ3) is 10.3. The van der Waals surface area contributed by atoms with E-state index in [2.05, 4.69) is 443 Å². The van der Waals surface area contributed by atoms with Crippen LogP contribution < -0.4 is 0 Å². The molecule has 120 heavy (non-hydrogen) atoms. The molecule has 4 aliphatic rings. The Morgan fingerprint density at radius 2 is 0.383 bits per heavy atom. The number of fused-ring (bicyclic) bond motifs is 24. The molecule has 2 spiro atoms. The molecule has 0 fully saturated rings. The lowest BCUT2D eigenvalue weighted by Crippen LogP contribution is -2.25. The van der Waals surface area contributed by atoms with Gasteiger partial charge >= 0.3 is 0 Å². The Balaban J connectivity index is 0.000000137. The molecular formula is C118H74N2. The lowest BCUT2D eigenvalue weighted by atomic mass is 9.70. The first-order valence-corrected chi connectivity index (χ1v) is 41.7. The van der Waals surface area contributed by atoms with Gasteiger partial charge in [-0.15, -0.1) is 0 Å². The molecule has 556 valence electrons. The Kier molecular flexibility index (Phi) is 15.8. The van der Waals surface area contributed by atoms with Gasteiger partial charge in [0.15, 0.2) is 0 Å². The van der Waals surface area contributed by atoms with Crippen LogP contribution in [0.1, 0.15) is 44.5 Å². The van der Waals surface area contributed by atoms with Crippen LogP contribution in [-0.4, -0.2) is 9.97 Å². The summed E-state index contributed by atoms with van der Waals surface area (Å²) < 4.78 is 0. The summed E-state index contributed by atoms with van der Waals surface area (Å²) in [6.07, 6.45) is 4.13. The van der Waals surface area contributed by atoms with Crippen LogP contribution >= 0.6 is 0 Å². The summed E-state index contributed by atoms with van der Waals surface area (Å²) in [6.45, 7) is 0. The van der Waals surface area contributed by atoms with Crippen LogP contribution in [0, 0.1) is 0 Å². The fraction of sp³-hybridized carbons (Fsp3) is 0.0169. The van der Waals surface area contributed by atoms with Crippen molar-refractivity contribution in [2.24, 2.45) is 0 Å². The largest absolute Gasteiger partial charge is 0.256 e. The smallest absolute Gasteiger partial charge is 0.0725 e. The fourth-order valence-electron chi connectivity index (χ4n) is 21.3. The van der Waals surface area contributed by atoms with Gasteiger partial charge in [-0.3, -0.25) is 9.97 Å². The van der Waals surface area contributed by atoms with Gasteiger partial charge in [-0.1, -0.05) is 419 Å². The Morgan fingerprint density at radius 1 is 0.133 bits per heavy atom. The molecule has 2 nitrogen and oxygen atoms in total. The molecule has 0 radical (unpaired) electrons. The Labute approximate surface area is 697 Å². The quantitative estimate of drug-likeness (QED) is 0.135. The number of nitrogens with zero attached hydrogens (tertiary/aromatic N) is 2. The topological polar surface area (TPSA) is 25.8 Å². The van der Waals surface area contributed by atoms with E-state index in [0.29, 0.717) is 0 Å². The zero-order valence-corrected chi connectivity index (χ0v) is 65.6. The number of hydrogen-bond acceptors (Lipinski definition) is 2. The Bertz CT molecular complexity index is 7490. The van der Waals surface area contributed by atoms with Gasteiger partial charge in [-0.2, -0.15) is 0 Å². The van der Waals surface area contributed by atoms with E-state index in [9.17, 15) is 0 Å². The van der Waals surface area contributed by atoms with Crippen LogP contribution in [0.25, 0.3) is 188 Å². The molecule has 0 bridgehead atoms. The van der Waals surface area contributed by atoms with Crippen molar-refractivity contribution < 1.29 is 0 Å². The minimum atomic E-state index is -0.371. The predicted octanol–water partition coefficient (Wildman–Crippen LogP) is 30.5. The van der Waals surface area contributed by atoms with Crippen molar-refractivity contribution in [3.63, 3.8) is 0 Å². The zero-order chi connectivity index (χ0) is 79.0. The van der Waals surface area contributed by atoms with Crippen molar-refractivity contribution in [3.05, 3.63) is 494 Å². The number of benzene rings is 19. The third-order valence-corrected chi connectivity index (χ3v) is 26.3. The van der Waals surface area contributed by atoms with Gasteiger partial charge in [0, 0.05) is 34.6 Å². The summed E-state index contributed by atoms with van der Waals surface area (Å²) in [5.41, 5.74) is 41.7. The van der Waals surface area contributed by atoms with E-state index >= 15 is 0 Å². The SMILES string of the molecule is c1ccc(-c2ccc(-c3c4ccccc4c(-c4ccc(-c5ccc(-c6ccc7c(c6)C6(c8ccccc8-c8ccccc86)c6ccccc6-7)cc5)cn4)c4ccccc34)cc2)cc1.c1ccc(-c2ccc(-c3c4ccccc4c(-c4ccc(-c5cccc6c5-c5ccccc5C65c6ccccc6-c6ccccc65)cn4)c4ccccc34)cc2)cc1. The molecule has 0 saturated heterocycles. The van der Waals surface area contributed by atoms with E-state index in [1.54, 1.807) is 0 Å². The van der Waals surface area contributed by atoms with Crippen LogP contribution in [0.2, 0.25) is 0 Å². The maximum atomic E-state index is 5.32. The molecule has 0 atom stereocenters. The molecule has 2 heteroatoms. The van der Waals surface area contributed by atoms with E-state index in [-0.39, 0.29) is 10.8 Å². The van der Waals surface area contributed by atoms with Crippen molar-refractivity contribution in [2.45, 2.75) is 10.8 Å². The van der Waals surface area contributed by atoms with E-state index in [4.69, 9.17) is 9.97 Å². The molecule has 0 aliphatic heterocycles. The molecule has 21 aromatic rings. The molecule has 2 aromatic heterocycles. The number of hydrogen-bond donors (Lipinski definition) is 0. The van der Waals surface area contributed by atoms with Gasteiger partial charge < -0.3 is 0 Å². The second kappa shape index (κ2) is 27.6. The van der Waals surface area contributed by atoms with Gasteiger partial charge in [0.1, 0.15) is 0 Å². The number of pyridine rings is 2. The molecule has 25 rings (SSSR count). The van der Waals surface area contributed by atoms with E-state index < -0.39 is 0 Å². The molecule has 19 aromatic carbocycles. The van der Waals surface area contributed by atoms with E-state index in [0.717, 1.165) is 33.6 Å². The summed E-state index contributed by atoms with van der Waals surface area (Å²) in [5, 5.41) is 9.71. The highest BCUT2D eigenvalue weighted by atomic mass is 14.7. The highest BCUT2D eigenvalue weighted by Crippen LogP contribution is 2.66. The monoisotopic (exact) mass is 1520 g/mol. The first-order valence-electron chi connectivity index (χ1n) is 41.7. The second-order valence-corrected chi connectivity index (χ2v) is 32.3. The molecule has 4 aliphatic carbocycles. The van der Waals surface area contributed by atoms with Gasteiger partial charge in [-0.25, -0.2) is 0 Å². The minimum absolute atomic E-state index is 0.354. The molecular weight excluding hydrogens is 1450 g/mol. The van der Waals surface area contributed by atoms with Crippen LogP contribution in [0.4, 0.5) is 0 Å². The Hall–Kier alpha value is -15.5. The third-order valence-electron chi connectivity index (χ3n) is 26.3. The molecule has 0 N–H and O–H groups in total. The van der Waals surface area contributed by atoms with E-state index in [1.807, 2.05) is 6.20 Å². The first kappa shape index (κ1) is 68.9. The summed E-state index contributed by atoms with van der Waals surface area (Å²) in [5.74, 6) is 0. The molecule has 0 saturated carbocycles. The summed E-state index contributed by atoms with van der Waals surface area (Å²) >= 11 is 0. The fourth-order valence-corrected chi connectivity index (χ4v) is 21.3. The second-order valence-electron chi connectivity index (χ2n) is 32.3. The molecule has 0 unspecified atom stereocenters. The summed E-state index contributed by atoms with van der Waals surface area (Å²) in [4.78, 5) is 10.5. The average molecular weight is 1520 g/mol.